The molecule has 0 saturated carbocycles. The summed E-state index contributed by atoms with van der Waals surface area (Å²) in [5, 5.41) is 11.7. The number of nitrogens with one attached hydrogen (secondary N) is 1. The fraction of sp³-hybridized carbons (Fsp3) is 0.692. The van der Waals surface area contributed by atoms with Crippen molar-refractivity contribution in [2.45, 2.75) is 45.3 Å². The van der Waals surface area contributed by atoms with Gasteiger partial charge in [0.25, 0.3) is 0 Å². The number of aromatic nitrogens is 2. The summed E-state index contributed by atoms with van der Waals surface area (Å²) in [6.07, 6.45) is 2.89. The summed E-state index contributed by atoms with van der Waals surface area (Å²) in [5.74, 6) is 0. The predicted molar refractivity (Wildman–Crippen MR) is 68.6 cm³/mol. The first-order chi connectivity index (χ1) is 8.11. The third-order valence-corrected chi connectivity index (χ3v) is 3.39. The average Bonchev–Trinajstić information content (AvgIpc) is 2.30. The molecule has 1 aromatic rings. The van der Waals surface area contributed by atoms with E-state index in [0.717, 1.165) is 25.3 Å². The average molecular weight is 234 g/mol. The number of nitrogens with zero attached hydrogens (tertiary/aromatic N) is 3. The number of hydrogen-bond acceptors (Lipinski definition) is 4. The van der Waals surface area contributed by atoms with Gasteiger partial charge in [0.1, 0.15) is 0 Å². The van der Waals surface area contributed by atoms with Crippen LogP contribution in [0.3, 0.4) is 0 Å². The van der Waals surface area contributed by atoms with Crippen molar-refractivity contribution in [3.05, 3.63) is 24.0 Å². The Morgan fingerprint density at radius 1 is 1.53 bits per heavy atom. The van der Waals surface area contributed by atoms with E-state index in [1.807, 2.05) is 6.07 Å². The molecule has 1 unspecified atom stereocenters. The number of rotatable bonds is 3. The molecule has 1 fully saturated rings. The molecule has 0 aliphatic carbocycles. The Morgan fingerprint density at radius 3 is 3.00 bits per heavy atom. The van der Waals surface area contributed by atoms with Gasteiger partial charge in [0, 0.05) is 37.4 Å². The van der Waals surface area contributed by atoms with Crippen molar-refractivity contribution in [1.82, 2.24) is 20.4 Å². The standard InChI is InChI=1S/C13H22N4/c1-4-12-8-14-13(2,3)10-17(12)9-11-6-5-7-15-16-11/h5-7,12,14H,4,8-10H2,1-3H3. The van der Waals surface area contributed by atoms with Crippen LogP contribution in [0.5, 0.6) is 0 Å². The topological polar surface area (TPSA) is 41.0 Å². The van der Waals surface area contributed by atoms with Crippen molar-refractivity contribution in [3.63, 3.8) is 0 Å². The molecule has 0 radical (unpaired) electrons. The van der Waals surface area contributed by atoms with Crippen LogP contribution in [0, 0.1) is 0 Å². The van der Waals surface area contributed by atoms with Crippen LogP contribution < -0.4 is 5.32 Å². The Hall–Kier alpha value is -1.00. The summed E-state index contributed by atoms with van der Waals surface area (Å²) in [6, 6.07) is 4.61. The van der Waals surface area contributed by atoms with Crippen LogP contribution in [0.4, 0.5) is 0 Å². The minimum absolute atomic E-state index is 0.188. The zero-order valence-corrected chi connectivity index (χ0v) is 11.0. The molecular formula is C13H22N4. The Labute approximate surface area is 103 Å². The van der Waals surface area contributed by atoms with Gasteiger partial charge in [0.05, 0.1) is 5.69 Å². The lowest BCUT2D eigenvalue weighted by atomic mass is 9.97. The van der Waals surface area contributed by atoms with E-state index in [0.29, 0.717) is 6.04 Å². The highest BCUT2D eigenvalue weighted by molar-refractivity contribution is 5.01. The first-order valence-corrected chi connectivity index (χ1v) is 6.36. The second-order valence-corrected chi connectivity index (χ2v) is 5.45. The van der Waals surface area contributed by atoms with Crippen LogP contribution in [-0.2, 0) is 6.54 Å². The van der Waals surface area contributed by atoms with Gasteiger partial charge in [-0.1, -0.05) is 6.92 Å². The monoisotopic (exact) mass is 234 g/mol. The van der Waals surface area contributed by atoms with E-state index in [-0.39, 0.29) is 5.54 Å². The summed E-state index contributed by atoms with van der Waals surface area (Å²) < 4.78 is 0. The van der Waals surface area contributed by atoms with E-state index in [9.17, 15) is 0 Å². The molecule has 1 saturated heterocycles. The Morgan fingerprint density at radius 2 is 2.35 bits per heavy atom. The van der Waals surface area contributed by atoms with Crippen LogP contribution in [0.25, 0.3) is 0 Å². The molecule has 1 aromatic heterocycles. The summed E-state index contributed by atoms with van der Waals surface area (Å²) in [6.45, 7) is 9.77. The molecule has 1 N–H and O–H groups in total. The molecule has 2 heterocycles. The Kier molecular flexibility index (Phi) is 3.74. The van der Waals surface area contributed by atoms with E-state index < -0.39 is 0 Å². The lowest BCUT2D eigenvalue weighted by Crippen LogP contribution is -2.61. The Bertz CT molecular complexity index is 350. The summed E-state index contributed by atoms with van der Waals surface area (Å²) in [5.41, 5.74) is 1.25. The predicted octanol–water partition coefficient (Wildman–Crippen LogP) is 1.44. The molecule has 0 bridgehead atoms. The van der Waals surface area contributed by atoms with Crippen molar-refractivity contribution < 1.29 is 0 Å². The fourth-order valence-corrected chi connectivity index (χ4v) is 2.43. The van der Waals surface area contributed by atoms with Crippen LogP contribution >= 0.6 is 0 Å². The highest BCUT2D eigenvalue weighted by atomic mass is 15.3. The van der Waals surface area contributed by atoms with Crippen molar-refractivity contribution in [3.8, 4) is 0 Å². The molecule has 0 amide bonds. The quantitative estimate of drug-likeness (QED) is 0.859. The SMILES string of the molecule is CCC1CNC(C)(C)CN1Cc1cccnn1. The maximum absolute atomic E-state index is 4.18. The molecule has 1 aliphatic heterocycles. The van der Waals surface area contributed by atoms with Gasteiger partial charge in [0.2, 0.25) is 0 Å². The Balaban J connectivity index is 2.06. The zero-order valence-electron chi connectivity index (χ0n) is 11.0. The molecule has 4 heteroatoms. The van der Waals surface area contributed by atoms with Gasteiger partial charge in [0.15, 0.2) is 0 Å². The van der Waals surface area contributed by atoms with Crippen molar-refractivity contribution >= 4 is 0 Å². The summed E-state index contributed by atoms with van der Waals surface area (Å²) in [4.78, 5) is 2.51. The van der Waals surface area contributed by atoms with E-state index in [4.69, 9.17) is 0 Å². The summed E-state index contributed by atoms with van der Waals surface area (Å²) in [7, 11) is 0. The van der Waals surface area contributed by atoms with E-state index in [1.54, 1.807) is 6.20 Å². The van der Waals surface area contributed by atoms with Gasteiger partial charge in [-0.25, -0.2) is 0 Å². The molecule has 0 aromatic carbocycles. The lowest BCUT2D eigenvalue weighted by Gasteiger charge is -2.44. The second kappa shape index (κ2) is 5.10. The smallest absolute Gasteiger partial charge is 0.0771 e. The van der Waals surface area contributed by atoms with Crippen molar-refractivity contribution in [2.75, 3.05) is 13.1 Å². The van der Waals surface area contributed by atoms with Crippen molar-refractivity contribution in [1.29, 1.82) is 0 Å². The minimum atomic E-state index is 0.188. The molecule has 94 valence electrons. The van der Waals surface area contributed by atoms with Gasteiger partial charge in [-0.15, -0.1) is 0 Å². The normalized spacial score (nSPS) is 24.8. The molecule has 4 nitrogen and oxygen atoms in total. The zero-order chi connectivity index (χ0) is 12.3. The van der Waals surface area contributed by atoms with E-state index in [1.165, 1.54) is 6.42 Å². The number of piperazine rings is 1. The van der Waals surface area contributed by atoms with Crippen LogP contribution in [0.1, 0.15) is 32.9 Å². The van der Waals surface area contributed by atoms with Crippen LogP contribution in [0.15, 0.2) is 18.3 Å². The molecule has 0 spiro atoms. The highest BCUT2D eigenvalue weighted by Crippen LogP contribution is 2.18. The van der Waals surface area contributed by atoms with Crippen LogP contribution in [-0.4, -0.2) is 39.8 Å². The first kappa shape index (κ1) is 12.5. The van der Waals surface area contributed by atoms with Crippen LogP contribution in [0.2, 0.25) is 0 Å². The van der Waals surface area contributed by atoms with Gasteiger partial charge in [-0.05, 0) is 32.4 Å². The van der Waals surface area contributed by atoms with E-state index in [2.05, 4.69) is 47.3 Å². The molecule has 2 rings (SSSR count). The third-order valence-electron chi connectivity index (χ3n) is 3.39. The minimum Gasteiger partial charge on any atom is -0.309 e. The second-order valence-electron chi connectivity index (χ2n) is 5.45. The molecule has 1 aliphatic rings. The maximum atomic E-state index is 4.18. The molecule has 1 atom stereocenters. The fourth-order valence-electron chi connectivity index (χ4n) is 2.43. The maximum Gasteiger partial charge on any atom is 0.0771 e. The summed E-state index contributed by atoms with van der Waals surface area (Å²) >= 11 is 0. The van der Waals surface area contributed by atoms with Crippen molar-refractivity contribution in [2.24, 2.45) is 0 Å². The van der Waals surface area contributed by atoms with Gasteiger partial charge in [-0.3, -0.25) is 4.90 Å². The van der Waals surface area contributed by atoms with Gasteiger partial charge in [-0.2, -0.15) is 10.2 Å². The molecular weight excluding hydrogens is 212 g/mol. The lowest BCUT2D eigenvalue weighted by molar-refractivity contribution is 0.0844. The van der Waals surface area contributed by atoms with Gasteiger partial charge < -0.3 is 5.32 Å². The largest absolute Gasteiger partial charge is 0.309 e. The number of hydrogen-bond donors (Lipinski definition) is 1. The van der Waals surface area contributed by atoms with E-state index >= 15 is 0 Å². The first-order valence-electron chi connectivity index (χ1n) is 6.36. The third kappa shape index (κ3) is 3.23. The highest BCUT2D eigenvalue weighted by Gasteiger charge is 2.31. The van der Waals surface area contributed by atoms with Gasteiger partial charge >= 0.3 is 0 Å². The molecule has 17 heavy (non-hydrogen) atoms.